The first kappa shape index (κ1) is 13.5. The molecule has 0 N–H and O–H groups in total. The van der Waals surface area contributed by atoms with Gasteiger partial charge in [0.05, 0.1) is 0 Å². The third-order valence-electron chi connectivity index (χ3n) is 3.20. The Morgan fingerprint density at radius 2 is 2.12 bits per heavy atom. The molecule has 0 saturated heterocycles. The number of halogens is 3. The molecule has 94 valence electrons. The molecule has 1 aliphatic rings. The summed E-state index contributed by atoms with van der Waals surface area (Å²) < 4.78 is 13.8. The van der Waals surface area contributed by atoms with Gasteiger partial charge in [-0.2, -0.15) is 0 Å². The van der Waals surface area contributed by atoms with Crippen molar-refractivity contribution in [1.29, 1.82) is 0 Å². The van der Waals surface area contributed by atoms with E-state index in [1.54, 1.807) is 0 Å². The Morgan fingerprint density at radius 3 is 2.71 bits per heavy atom. The molecular weight excluding hydrogens is 349 g/mol. The number of hydrogen-bond donors (Lipinski definition) is 0. The first-order chi connectivity index (χ1) is 8.04. The van der Waals surface area contributed by atoms with Crippen LogP contribution in [0.5, 0.6) is 0 Å². The molecule has 0 aromatic heterocycles. The average molecular weight is 365 g/mol. The van der Waals surface area contributed by atoms with Gasteiger partial charge >= 0.3 is 0 Å². The van der Waals surface area contributed by atoms with Crippen LogP contribution in [0.2, 0.25) is 0 Å². The fourth-order valence-corrected chi connectivity index (χ4v) is 3.78. The van der Waals surface area contributed by atoms with E-state index < -0.39 is 0 Å². The summed E-state index contributed by atoms with van der Waals surface area (Å²) in [7, 11) is 2.12. The van der Waals surface area contributed by atoms with E-state index in [-0.39, 0.29) is 5.82 Å². The third-order valence-corrected chi connectivity index (χ3v) is 4.69. The Kier molecular flexibility index (Phi) is 4.61. The molecule has 1 nitrogen and oxygen atoms in total. The zero-order valence-electron chi connectivity index (χ0n) is 9.80. The molecule has 0 amide bonds. The number of alkyl halides is 1. The SMILES string of the molecule is CN(Cc1ccc(F)cc1Br)CC1CC(Br)C1. The minimum Gasteiger partial charge on any atom is -0.302 e. The molecule has 2 rings (SSSR count). The van der Waals surface area contributed by atoms with Crippen LogP contribution in [0.3, 0.4) is 0 Å². The summed E-state index contributed by atoms with van der Waals surface area (Å²) in [6.07, 6.45) is 2.55. The zero-order valence-corrected chi connectivity index (χ0v) is 13.0. The Balaban J connectivity index is 1.87. The fourth-order valence-electron chi connectivity index (χ4n) is 2.25. The highest BCUT2D eigenvalue weighted by Crippen LogP contribution is 2.33. The normalized spacial score (nSPS) is 23.8. The molecule has 4 heteroatoms. The van der Waals surface area contributed by atoms with Crippen molar-refractivity contribution in [3.63, 3.8) is 0 Å². The van der Waals surface area contributed by atoms with Crippen molar-refractivity contribution >= 4 is 31.9 Å². The number of hydrogen-bond acceptors (Lipinski definition) is 1. The van der Waals surface area contributed by atoms with Gasteiger partial charge in [-0.15, -0.1) is 0 Å². The summed E-state index contributed by atoms with van der Waals surface area (Å²) in [4.78, 5) is 3.03. The van der Waals surface area contributed by atoms with E-state index in [1.807, 2.05) is 6.07 Å². The van der Waals surface area contributed by atoms with E-state index >= 15 is 0 Å². The molecule has 1 aliphatic carbocycles. The highest BCUT2D eigenvalue weighted by molar-refractivity contribution is 9.10. The summed E-state index contributed by atoms with van der Waals surface area (Å²) in [6.45, 7) is 1.98. The van der Waals surface area contributed by atoms with Crippen LogP contribution in [0.4, 0.5) is 4.39 Å². The van der Waals surface area contributed by atoms with E-state index in [0.717, 1.165) is 33.9 Å². The molecule has 0 aliphatic heterocycles. The molecular formula is C13H16Br2FN. The van der Waals surface area contributed by atoms with Crippen molar-refractivity contribution in [2.45, 2.75) is 24.2 Å². The van der Waals surface area contributed by atoms with Gasteiger partial charge in [0.15, 0.2) is 0 Å². The lowest BCUT2D eigenvalue weighted by molar-refractivity contribution is 0.208. The summed E-state index contributed by atoms with van der Waals surface area (Å²) in [5, 5.41) is 0. The van der Waals surface area contributed by atoms with Gasteiger partial charge in [-0.25, -0.2) is 4.39 Å². The predicted octanol–water partition coefficient (Wildman–Crippen LogP) is 4.19. The molecule has 1 aromatic rings. The Morgan fingerprint density at radius 1 is 1.41 bits per heavy atom. The summed E-state index contributed by atoms with van der Waals surface area (Å²) in [6, 6.07) is 4.90. The van der Waals surface area contributed by atoms with Crippen LogP contribution < -0.4 is 0 Å². The van der Waals surface area contributed by atoms with Crippen molar-refractivity contribution < 1.29 is 4.39 Å². The highest BCUT2D eigenvalue weighted by Gasteiger charge is 2.27. The van der Waals surface area contributed by atoms with E-state index in [2.05, 4.69) is 43.8 Å². The standard InChI is InChI=1S/C13H16Br2FN/c1-17(7-9-4-11(14)5-9)8-10-2-3-12(16)6-13(10)15/h2-3,6,9,11H,4-5,7-8H2,1H3. The number of rotatable bonds is 4. The zero-order chi connectivity index (χ0) is 12.4. The van der Waals surface area contributed by atoms with Gasteiger partial charge in [0.1, 0.15) is 5.82 Å². The van der Waals surface area contributed by atoms with Crippen molar-refractivity contribution in [3.05, 3.63) is 34.1 Å². The number of nitrogens with zero attached hydrogens (tertiary/aromatic N) is 1. The third kappa shape index (κ3) is 3.76. The molecule has 0 unspecified atom stereocenters. The van der Waals surface area contributed by atoms with E-state index in [0.29, 0.717) is 0 Å². The van der Waals surface area contributed by atoms with Crippen LogP contribution in [0.15, 0.2) is 22.7 Å². The minimum absolute atomic E-state index is 0.190. The van der Waals surface area contributed by atoms with Crippen LogP contribution in [-0.2, 0) is 6.54 Å². The Hall–Kier alpha value is 0.0700. The fraction of sp³-hybridized carbons (Fsp3) is 0.538. The first-order valence-electron chi connectivity index (χ1n) is 5.81. The van der Waals surface area contributed by atoms with Crippen LogP contribution >= 0.6 is 31.9 Å². The van der Waals surface area contributed by atoms with Crippen LogP contribution in [0, 0.1) is 11.7 Å². The molecule has 17 heavy (non-hydrogen) atoms. The van der Waals surface area contributed by atoms with Crippen molar-refractivity contribution in [2.24, 2.45) is 5.92 Å². The number of benzene rings is 1. The van der Waals surface area contributed by atoms with Crippen molar-refractivity contribution in [2.75, 3.05) is 13.6 Å². The molecule has 0 bridgehead atoms. The summed E-state index contributed by atoms with van der Waals surface area (Å²) >= 11 is 7.02. The van der Waals surface area contributed by atoms with Crippen molar-refractivity contribution in [3.8, 4) is 0 Å². The summed E-state index contributed by atoms with van der Waals surface area (Å²) in [5.41, 5.74) is 1.14. The maximum absolute atomic E-state index is 13.0. The molecule has 0 atom stereocenters. The van der Waals surface area contributed by atoms with Crippen LogP contribution in [-0.4, -0.2) is 23.3 Å². The quantitative estimate of drug-likeness (QED) is 0.724. The minimum atomic E-state index is -0.190. The lowest BCUT2D eigenvalue weighted by Crippen LogP contribution is -2.34. The second kappa shape index (κ2) is 5.81. The lowest BCUT2D eigenvalue weighted by Gasteiger charge is -2.34. The molecule has 1 saturated carbocycles. The van der Waals surface area contributed by atoms with E-state index in [1.165, 1.54) is 25.0 Å². The smallest absolute Gasteiger partial charge is 0.124 e. The van der Waals surface area contributed by atoms with Gasteiger partial charge in [0.2, 0.25) is 0 Å². The van der Waals surface area contributed by atoms with Crippen molar-refractivity contribution in [1.82, 2.24) is 4.90 Å². The second-order valence-electron chi connectivity index (χ2n) is 4.87. The second-order valence-corrected chi connectivity index (χ2v) is 7.02. The van der Waals surface area contributed by atoms with Gasteiger partial charge in [-0.3, -0.25) is 0 Å². The Labute approximate surface area is 119 Å². The topological polar surface area (TPSA) is 3.24 Å². The van der Waals surface area contributed by atoms with Gasteiger partial charge in [0.25, 0.3) is 0 Å². The monoisotopic (exact) mass is 363 g/mol. The van der Waals surface area contributed by atoms with Crippen LogP contribution in [0.25, 0.3) is 0 Å². The van der Waals surface area contributed by atoms with E-state index in [4.69, 9.17) is 0 Å². The largest absolute Gasteiger partial charge is 0.302 e. The van der Waals surface area contributed by atoms with Gasteiger partial charge in [0, 0.05) is 22.4 Å². The Bertz CT molecular complexity index is 391. The first-order valence-corrected chi connectivity index (χ1v) is 7.52. The molecule has 0 heterocycles. The van der Waals surface area contributed by atoms with Gasteiger partial charge < -0.3 is 4.90 Å². The molecule has 0 spiro atoms. The van der Waals surface area contributed by atoms with Gasteiger partial charge in [-0.05, 0) is 43.5 Å². The van der Waals surface area contributed by atoms with Crippen LogP contribution in [0.1, 0.15) is 18.4 Å². The average Bonchev–Trinajstić information content (AvgIpc) is 2.20. The lowest BCUT2D eigenvalue weighted by atomic mass is 9.85. The maximum Gasteiger partial charge on any atom is 0.124 e. The summed E-state index contributed by atoms with van der Waals surface area (Å²) in [5.74, 6) is 0.619. The van der Waals surface area contributed by atoms with E-state index in [9.17, 15) is 4.39 Å². The highest BCUT2D eigenvalue weighted by atomic mass is 79.9. The predicted molar refractivity (Wildman–Crippen MR) is 75.9 cm³/mol. The van der Waals surface area contributed by atoms with Gasteiger partial charge in [-0.1, -0.05) is 37.9 Å². The molecule has 0 radical (unpaired) electrons. The molecule has 1 aromatic carbocycles. The molecule has 1 fully saturated rings. The maximum atomic E-state index is 13.0.